The Morgan fingerprint density at radius 1 is 1.27 bits per heavy atom. The van der Waals surface area contributed by atoms with Crippen LogP contribution in [0.1, 0.15) is 34.6 Å². The number of nitrogens with two attached hydrogens (primary N) is 1. The summed E-state index contributed by atoms with van der Waals surface area (Å²) in [5.74, 6) is 4.96. The second-order valence-electron chi connectivity index (χ2n) is 4.27. The summed E-state index contributed by atoms with van der Waals surface area (Å²) in [5, 5.41) is 0. The van der Waals surface area contributed by atoms with Crippen LogP contribution in [0.4, 0.5) is 4.79 Å². The highest BCUT2D eigenvalue weighted by molar-refractivity contribution is 5.66. The predicted molar refractivity (Wildman–Crippen MR) is 54.7 cm³/mol. The van der Waals surface area contributed by atoms with Crippen LogP contribution in [0.3, 0.4) is 0 Å². The van der Waals surface area contributed by atoms with Gasteiger partial charge in [0.2, 0.25) is 0 Å². The predicted octanol–water partition coefficient (Wildman–Crippen LogP) is 1.11. The summed E-state index contributed by atoms with van der Waals surface area (Å²) < 4.78 is 4.95. The van der Waals surface area contributed by atoms with Crippen molar-refractivity contribution in [3.05, 3.63) is 0 Å². The van der Waals surface area contributed by atoms with Crippen molar-refractivity contribution in [3.8, 4) is 0 Å². The molecule has 0 fully saturated rings. The van der Waals surface area contributed by atoms with Crippen LogP contribution in [0.2, 0.25) is 0 Å². The van der Waals surface area contributed by atoms with Gasteiger partial charge in [-0.1, -0.05) is 0 Å². The van der Waals surface area contributed by atoms with Crippen molar-refractivity contribution in [3.63, 3.8) is 0 Å². The number of hydroxylamine groups is 1. The maximum absolute atomic E-state index is 11.1. The second-order valence-corrected chi connectivity index (χ2v) is 4.27. The second kappa shape index (κ2) is 5.89. The van der Waals surface area contributed by atoms with Gasteiger partial charge in [-0.25, -0.2) is 10.7 Å². The van der Waals surface area contributed by atoms with Crippen LogP contribution in [-0.2, 0) is 14.4 Å². The number of hydrogen-bond donors (Lipinski definition) is 2. The Balaban J connectivity index is 3.81. The molecule has 0 rings (SSSR count). The van der Waals surface area contributed by atoms with Crippen LogP contribution in [0.15, 0.2) is 0 Å². The zero-order valence-corrected chi connectivity index (χ0v) is 9.87. The largest absolute Gasteiger partial charge is 0.442 e. The lowest BCUT2D eigenvalue weighted by atomic mass is 10.2. The van der Waals surface area contributed by atoms with E-state index < -0.39 is 11.7 Å². The molecule has 0 saturated heterocycles. The van der Waals surface area contributed by atoms with E-state index in [9.17, 15) is 4.79 Å². The molecule has 0 bridgehead atoms. The molecule has 6 heteroatoms. The van der Waals surface area contributed by atoms with Gasteiger partial charge in [-0.15, -0.1) is 0 Å². The van der Waals surface area contributed by atoms with Crippen molar-refractivity contribution in [1.29, 1.82) is 0 Å². The molecule has 0 spiro atoms. The summed E-state index contributed by atoms with van der Waals surface area (Å²) in [6, 6.07) is 0. The summed E-state index contributed by atoms with van der Waals surface area (Å²) >= 11 is 0. The molecule has 0 aliphatic rings. The first kappa shape index (κ1) is 14.2. The Morgan fingerprint density at radius 2 is 1.80 bits per heavy atom. The van der Waals surface area contributed by atoms with Crippen LogP contribution >= 0.6 is 0 Å². The quantitative estimate of drug-likeness (QED) is 0.693. The zero-order chi connectivity index (χ0) is 12.1. The van der Waals surface area contributed by atoms with E-state index in [4.69, 9.17) is 15.5 Å². The third-order valence-corrected chi connectivity index (χ3v) is 1.60. The van der Waals surface area contributed by atoms with E-state index >= 15 is 0 Å². The van der Waals surface area contributed by atoms with Gasteiger partial charge in [-0.05, 0) is 34.6 Å². The summed E-state index contributed by atoms with van der Waals surface area (Å²) in [7, 11) is 0. The molecule has 0 aromatic rings. The average molecular weight is 220 g/mol. The average Bonchev–Trinajstić information content (AvgIpc) is 2.10. The molecule has 2 unspecified atom stereocenters. The summed E-state index contributed by atoms with van der Waals surface area (Å²) in [5.41, 5.74) is 1.61. The highest BCUT2D eigenvalue weighted by atomic mass is 16.7. The molecule has 15 heavy (non-hydrogen) atoms. The lowest BCUT2D eigenvalue weighted by molar-refractivity contribution is -0.0970. The standard InChI is InChI=1S/C9H20N2O4/c1-6(14-10)7(2)15-11-8(12)13-9(3,4)5/h6-7H,10H2,1-5H3,(H,11,12). The van der Waals surface area contributed by atoms with E-state index in [0.29, 0.717) is 0 Å². The maximum Gasteiger partial charge on any atom is 0.431 e. The molecule has 6 nitrogen and oxygen atoms in total. The van der Waals surface area contributed by atoms with Gasteiger partial charge in [0.05, 0.1) is 0 Å². The Labute approximate surface area is 90.0 Å². The zero-order valence-electron chi connectivity index (χ0n) is 9.87. The van der Waals surface area contributed by atoms with Crippen molar-refractivity contribution in [1.82, 2.24) is 5.48 Å². The number of carbonyl (C=O) groups is 1. The van der Waals surface area contributed by atoms with Gasteiger partial charge in [-0.2, -0.15) is 5.48 Å². The van der Waals surface area contributed by atoms with E-state index in [-0.39, 0.29) is 12.2 Å². The normalized spacial score (nSPS) is 15.6. The lowest BCUT2D eigenvalue weighted by Crippen LogP contribution is -2.38. The fraction of sp³-hybridized carbons (Fsp3) is 0.889. The third-order valence-electron chi connectivity index (χ3n) is 1.60. The lowest BCUT2D eigenvalue weighted by Gasteiger charge is -2.22. The number of carbonyl (C=O) groups excluding carboxylic acids is 1. The fourth-order valence-corrected chi connectivity index (χ4v) is 0.646. The van der Waals surface area contributed by atoms with Gasteiger partial charge in [0.1, 0.15) is 17.8 Å². The van der Waals surface area contributed by atoms with Crippen molar-refractivity contribution < 1.29 is 19.2 Å². The first-order valence-electron chi connectivity index (χ1n) is 4.76. The molecular weight excluding hydrogens is 200 g/mol. The minimum absolute atomic E-state index is 0.320. The van der Waals surface area contributed by atoms with Crippen molar-refractivity contribution >= 4 is 6.09 Å². The van der Waals surface area contributed by atoms with Crippen LogP contribution < -0.4 is 11.4 Å². The van der Waals surface area contributed by atoms with Crippen molar-refractivity contribution in [2.24, 2.45) is 5.90 Å². The summed E-state index contributed by atoms with van der Waals surface area (Å²) in [6.45, 7) is 8.74. The molecule has 0 heterocycles. The Hall–Kier alpha value is -0.850. The maximum atomic E-state index is 11.1. The molecule has 0 aromatic heterocycles. The Morgan fingerprint density at radius 3 is 2.20 bits per heavy atom. The molecule has 0 saturated carbocycles. The third kappa shape index (κ3) is 7.12. The minimum atomic E-state index is -0.640. The summed E-state index contributed by atoms with van der Waals surface area (Å²) in [6.07, 6.45) is -1.32. The van der Waals surface area contributed by atoms with E-state index in [1.54, 1.807) is 34.6 Å². The molecular formula is C9H20N2O4. The molecule has 2 atom stereocenters. The highest BCUT2D eigenvalue weighted by Crippen LogP contribution is 2.07. The summed E-state index contributed by atoms with van der Waals surface area (Å²) in [4.78, 5) is 20.6. The number of nitrogens with one attached hydrogen (secondary N) is 1. The van der Waals surface area contributed by atoms with Crippen molar-refractivity contribution in [2.75, 3.05) is 0 Å². The topological polar surface area (TPSA) is 82.8 Å². The fourth-order valence-electron chi connectivity index (χ4n) is 0.646. The molecule has 0 aliphatic heterocycles. The van der Waals surface area contributed by atoms with Gasteiger partial charge in [-0.3, -0.25) is 9.68 Å². The Kier molecular flexibility index (Phi) is 5.56. The molecule has 0 aromatic carbocycles. The number of amides is 1. The van der Waals surface area contributed by atoms with Gasteiger partial charge in [0.15, 0.2) is 0 Å². The molecule has 0 radical (unpaired) electrons. The van der Waals surface area contributed by atoms with E-state index in [0.717, 1.165) is 0 Å². The molecule has 90 valence electrons. The monoisotopic (exact) mass is 220 g/mol. The van der Waals surface area contributed by atoms with Crippen LogP contribution in [0.5, 0.6) is 0 Å². The van der Waals surface area contributed by atoms with Gasteiger partial charge in [0, 0.05) is 0 Å². The molecule has 1 amide bonds. The molecule has 0 aliphatic carbocycles. The van der Waals surface area contributed by atoms with Crippen molar-refractivity contribution in [2.45, 2.75) is 52.4 Å². The van der Waals surface area contributed by atoms with Gasteiger partial charge >= 0.3 is 6.09 Å². The number of rotatable bonds is 4. The SMILES string of the molecule is CC(ON)C(C)ONC(=O)OC(C)(C)C. The molecule has 3 N–H and O–H groups in total. The van der Waals surface area contributed by atoms with Gasteiger partial charge in [0.25, 0.3) is 0 Å². The van der Waals surface area contributed by atoms with Gasteiger partial charge < -0.3 is 4.74 Å². The van der Waals surface area contributed by atoms with E-state index in [1.165, 1.54) is 0 Å². The first-order chi connectivity index (χ1) is 6.76. The van der Waals surface area contributed by atoms with Crippen LogP contribution in [0, 0.1) is 0 Å². The number of ether oxygens (including phenoxy) is 1. The van der Waals surface area contributed by atoms with E-state index in [1.807, 2.05) is 0 Å². The highest BCUT2D eigenvalue weighted by Gasteiger charge is 2.18. The number of hydrogen-bond acceptors (Lipinski definition) is 5. The Bertz CT molecular complexity index is 203. The van der Waals surface area contributed by atoms with E-state index in [2.05, 4.69) is 10.3 Å². The smallest absolute Gasteiger partial charge is 0.431 e. The van der Waals surface area contributed by atoms with Crippen LogP contribution in [-0.4, -0.2) is 23.9 Å². The van der Waals surface area contributed by atoms with Crippen LogP contribution in [0.25, 0.3) is 0 Å². The minimum Gasteiger partial charge on any atom is -0.442 e. The first-order valence-corrected chi connectivity index (χ1v) is 4.76.